The SMILES string of the molecule is CC1CC=C(c2cc(C#N)cc(-n3c4ccccc4c4ccccc43)c2)C=C1n1c2ccccc2c2cc(C#N)ccc21. The topological polar surface area (TPSA) is 57.4 Å². The van der Waals surface area contributed by atoms with Crippen LogP contribution in [0.1, 0.15) is 30.0 Å². The predicted molar refractivity (Wildman–Crippen MR) is 176 cm³/mol. The molecule has 4 heteroatoms. The molecule has 0 radical (unpaired) electrons. The Morgan fingerprint density at radius 3 is 1.84 bits per heavy atom. The average Bonchev–Trinajstić information content (AvgIpc) is 3.57. The Morgan fingerprint density at radius 2 is 1.19 bits per heavy atom. The minimum absolute atomic E-state index is 0.286. The highest BCUT2D eigenvalue weighted by molar-refractivity contribution is 6.11. The Hall–Kier alpha value is -5.84. The van der Waals surface area contributed by atoms with Gasteiger partial charge >= 0.3 is 0 Å². The molecule has 2 heterocycles. The summed E-state index contributed by atoms with van der Waals surface area (Å²) in [4.78, 5) is 0. The van der Waals surface area contributed by atoms with E-state index in [-0.39, 0.29) is 5.92 Å². The number of nitrogens with zero attached hydrogens (tertiary/aromatic N) is 4. The lowest BCUT2D eigenvalue weighted by Crippen LogP contribution is -2.10. The van der Waals surface area contributed by atoms with Crippen molar-refractivity contribution in [1.82, 2.24) is 9.13 Å². The summed E-state index contributed by atoms with van der Waals surface area (Å²) in [6.07, 6.45) is 5.46. The van der Waals surface area contributed by atoms with Crippen LogP contribution in [0.3, 0.4) is 0 Å². The standard InChI is InChI=1S/C39H26N4/c1-25-14-16-28(22-39(25)43-37-13-7-4-10-33(37)34-20-26(23-40)15-17-38(34)43)29-18-27(24-41)19-30(21-29)42-35-11-5-2-8-31(35)32-9-3-6-12-36(32)42/h2-13,15-22,25H,14H2,1H3. The number of rotatable bonds is 3. The highest BCUT2D eigenvalue weighted by Crippen LogP contribution is 2.40. The molecule has 1 unspecified atom stereocenters. The largest absolute Gasteiger partial charge is 0.313 e. The number of nitriles is 2. The van der Waals surface area contributed by atoms with Crippen LogP contribution >= 0.6 is 0 Å². The average molecular weight is 551 g/mol. The molecule has 0 bridgehead atoms. The Labute approximate surface area is 249 Å². The molecule has 202 valence electrons. The first-order valence-corrected chi connectivity index (χ1v) is 14.5. The zero-order valence-electron chi connectivity index (χ0n) is 23.6. The van der Waals surface area contributed by atoms with E-state index in [2.05, 4.69) is 125 Å². The zero-order valence-corrected chi connectivity index (χ0v) is 23.6. The van der Waals surface area contributed by atoms with Crippen molar-refractivity contribution >= 4 is 54.9 Å². The summed E-state index contributed by atoms with van der Waals surface area (Å²) < 4.78 is 4.62. The fraction of sp³-hybridized carbons (Fsp3) is 0.0769. The number of para-hydroxylation sites is 3. The summed E-state index contributed by atoms with van der Waals surface area (Å²) in [5.74, 6) is 0.286. The monoisotopic (exact) mass is 550 g/mol. The minimum Gasteiger partial charge on any atom is -0.313 e. The molecular weight excluding hydrogens is 524 g/mol. The molecule has 43 heavy (non-hydrogen) atoms. The van der Waals surface area contributed by atoms with Crippen molar-refractivity contribution in [3.05, 3.63) is 138 Å². The molecule has 2 aromatic heterocycles. The summed E-state index contributed by atoms with van der Waals surface area (Å²) >= 11 is 0. The molecule has 5 aromatic carbocycles. The molecule has 1 atom stereocenters. The lowest BCUT2D eigenvalue weighted by atomic mass is 9.90. The molecule has 1 aliphatic carbocycles. The maximum Gasteiger partial charge on any atom is 0.0992 e. The number of benzene rings is 5. The third-order valence-electron chi connectivity index (χ3n) is 8.78. The fourth-order valence-electron chi connectivity index (χ4n) is 6.76. The van der Waals surface area contributed by atoms with Crippen molar-refractivity contribution < 1.29 is 0 Å². The van der Waals surface area contributed by atoms with Gasteiger partial charge in [0.15, 0.2) is 0 Å². The summed E-state index contributed by atoms with van der Waals surface area (Å²) in [5.41, 5.74) is 10.1. The van der Waals surface area contributed by atoms with Crippen molar-refractivity contribution in [1.29, 1.82) is 10.5 Å². The van der Waals surface area contributed by atoms with E-state index in [9.17, 15) is 10.5 Å². The maximum atomic E-state index is 10.1. The molecule has 8 rings (SSSR count). The van der Waals surface area contributed by atoms with Crippen LogP contribution in [0.4, 0.5) is 0 Å². The Bertz CT molecular complexity index is 2360. The van der Waals surface area contributed by atoms with E-state index < -0.39 is 0 Å². The van der Waals surface area contributed by atoms with Gasteiger partial charge in [0.2, 0.25) is 0 Å². The van der Waals surface area contributed by atoms with Crippen LogP contribution in [0, 0.1) is 28.6 Å². The van der Waals surface area contributed by atoms with Gasteiger partial charge in [-0.3, -0.25) is 0 Å². The van der Waals surface area contributed by atoms with Crippen molar-refractivity contribution in [3.63, 3.8) is 0 Å². The van der Waals surface area contributed by atoms with Crippen molar-refractivity contribution in [2.24, 2.45) is 5.92 Å². The number of hydrogen-bond acceptors (Lipinski definition) is 2. The highest BCUT2D eigenvalue weighted by Gasteiger charge is 2.22. The lowest BCUT2D eigenvalue weighted by molar-refractivity contribution is 0.727. The summed E-state index contributed by atoms with van der Waals surface area (Å²) in [5, 5.41) is 24.3. The molecule has 1 aliphatic rings. The Balaban J connectivity index is 1.34. The fourth-order valence-corrected chi connectivity index (χ4v) is 6.76. The van der Waals surface area contributed by atoms with Gasteiger partial charge in [0, 0.05) is 38.8 Å². The molecule has 0 aliphatic heterocycles. The van der Waals surface area contributed by atoms with Gasteiger partial charge in [0.05, 0.1) is 45.3 Å². The molecule has 0 N–H and O–H groups in total. The Morgan fingerprint density at radius 1 is 0.605 bits per heavy atom. The van der Waals surface area contributed by atoms with Crippen LogP contribution in [0.15, 0.2) is 121 Å². The predicted octanol–water partition coefficient (Wildman–Crippen LogP) is 9.60. The maximum absolute atomic E-state index is 10.1. The molecule has 0 amide bonds. The third-order valence-corrected chi connectivity index (χ3v) is 8.78. The number of hydrogen-bond donors (Lipinski definition) is 0. The van der Waals surface area contributed by atoms with Crippen LogP contribution < -0.4 is 0 Å². The lowest BCUT2D eigenvalue weighted by Gasteiger charge is -2.24. The molecular formula is C39H26N4. The normalized spacial score (nSPS) is 15.0. The molecule has 0 spiro atoms. The second-order valence-electron chi connectivity index (χ2n) is 11.3. The molecule has 4 nitrogen and oxygen atoms in total. The van der Waals surface area contributed by atoms with Gasteiger partial charge in [-0.2, -0.15) is 10.5 Å². The molecule has 0 saturated carbocycles. The van der Waals surface area contributed by atoms with E-state index >= 15 is 0 Å². The molecule has 7 aromatic rings. The van der Waals surface area contributed by atoms with E-state index in [4.69, 9.17) is 0 Å². The van der Waals surface area contributed by atoms with Gasteiger partial charge in [0.1, 0.15) is 0 Å². The number of allylic oxidation sites excluding steroid dienone is 4. The van der Waals surface area contributed by atoms with Crippen LogP contribution in [0.25, 0.3) is 60.6 Å². The Kier molecular flexibility index (Phi) is 5.58. The second kappa shape index (κ2) is 9.62. The van der Waals surface area contributed by atoms with Crippen molar-refractivity contribution in [2.45, 2.75) is 13.3 Å². The van der Waals surface area contributed by atoms with Crippen molar-refractivity contribution in [3.8, 4) is 17.8 Å². The van der Waals surface area contributed by atoms with E-state index in [1.807, 2.05) is 24.3 Å². The summed E-state index contributed by atoms with van der Waals surface area (Å²) in [6, 6.07) is 42.2. The third kappa shape index (κ3) is 3.82. The van der Waals surface area contributed by atoms with Crippen LogP contribution in [-0.2, 0) is 0 Å². The highest BCUT2D eigenvalue weighted by atomic mass is 15.0. The van der Waals surface area contributed by atoms with Gasteiger partial charge in [0.25, 0.3) is 0 Å². The summed E-state index contributed by atoms with van der Waals surface area (Å²) in [7, 11) is 0. The quantitative estimate of drug-likeness (QED) is 0.220. The number of aromatic nitrogens is 2. The van der Waals surface area contributed by atoms with E-state index in [0.29, 0.717) is 11.1 Å². The minimum atomic E-state index is 0.286. The van der Waals surface area contributed by atoms with Gasteiger partial charge in [-0.15, -0.1) is 0 Å². The number of fused-ring (bicyclic) bond motifs is 6. The van der Waals surface area contributed by atoms with E-state index in [0.717, 1.165) is 56.1 Å². The van der Waals surface area contributed by atoms with Gasteiger partial charge in [-0.1, -0.05) is 67.6 Å². The van der Waals surface area contributed by atoms with E-state index in [1.54, 1.807) is 0 Å². The second-order valence-corrected chi connectivity index (χ2v) is 11.3. The van der Waals surface area contributed by atoms with Gasteiger partial charge in [-0.25, -0.2) is 0 Å². The van der Waals surface area contributed by atoms with Crippen molar-refractivity contribution in [2.75, 3.05) is 0 Å². The van der Waals surface area contributed by atoms with Gasteiger partial charge < -0.3 is 9.13 Å². The molecule has 0 saturated heterocycles. The first-order valence-electron chi connectivity index (χ1n) is 14.5. The molecule has 0 fully saturated rings. The van der Waals surface area contributed by atoms with Crippen LogP contribution in [0.2, 0.25) is 0 Å². The van der Waals surface area contributed by atoms with Crippen LogP contribution in [0.5, 0.6) is 0 Å². The van der Waals surface area contributed by atoms with E-state index in [1.165, 1.54) is 16.5 Å². The smallest absolute Gasteiger partial charge is 0.0992 e. The zero-order chi connectivity index (χ0) is 29.1. The summed E-state index contributed by atoms with van der Waals surface area (Å²) in [6.45, 7) is 2.26. The van der Waals surface area contributed by atoms with Gasteiger partial charge in [-0.05, 0) is 78.2 Å². The first-order chi connectivity index (χ1) is 21.1. The first kappa shape index (κ1) is 24.9. The van der Waals surface area contributed by atoms with Crippen LogP contribution in [-0.4, -0.2) is 9.13 Å².